The fourth-order valence-corrected chi connectivity index (χ4v) is 3.02. The summed E-state index contributed by atoms with van der Waals surface area (Å²) in [5, 5.41) is 0. The Morgan fingerprint density at radius 3 is 2.17 bits per heavy atom. The second-order valence-corrected chi connectivity index (χ2v) is 7.78. The molecule has 1 heterocycles. The fraction of sp³-hybridized carbons (Fsp3) is 0.154. The molecule has 8 nitrogen and oxygen atoms in total. The van der Waals surface area contributed by atoms with Crippen LogP contribution in [0.25, 0.3) is 0 Å². The lowest BCUT2D eigenvalue weighted by atomic mass is 10.2. The molecule has 0 fully saturated rings. The van der Waals surface area contributed by atoms with Crippen LogP contribution in [0.3, 0.4) is 0 Å². The molecular formula is C13H14N2O6S2. The van der Waals surface area contributed by atoms with Gasteiger partial charge in [0.2, 0.25) is 5.75 Å². The summed E-state index contributed by atoms with van der Waals surface area (Å²) in [5.74, 6) is -1.17. The van der Waals surface area contributed by atoms with Crippen molar-refractivity contribution in [2.45, 2.75) is 11.8 Å². The molecule has 0 amide bonds. The largest absolute Gasteiger partial charge is 0.380 e. The summed E-state index contributed by atoms with van der Waals surface area (Å²) in [4.78, 5) is 3.56. The number of pyridine rings is 1. The molecule has 0 aliphatic heterocycles. The Morgan fingerprint density at radius 1 is 1.00 bits per heavy atom. The maximum Gasteiger partial charge on any atom is 0.339 e. The average molecular weight is 358 g/mol. The predicted octanol–water partition coefficient (Wildman–Crippen LogP) is 1.08. The van der Waals surface area contributed by atoms with Crippen LogP contribution in [0.1, 0.15) is 5.56 Å². The molecule has 23 heavy (non-hydrogen) atoms. The van der Waals surface area contributed by atoms with Crippen LogP contribution in [0.15, 0.2) is 41.4 Å². The van der Waals surface area contributed by atoms with Gasteiger partial charge in [-0.3, -0.25) is 0 Å². The van der Waals surface area contributed by atoms with Crippen LogP contribution in [0.5, 0.6) is 11.5 Å². The summed E-state index contributed by atoms with van der Waals surface area (Å²) in [6, 6.07) is 7.08. The SMILES string of the molecule is Cc1ccc(S(=O)(=O)Oc2ccnc(N)c2OS(C)(=O)=O)cc1. The Hall–Kier alpha value is -2.33. The summed E-state index contributed by atoms with van der Waals surface area (Å²) >= 11 is 0. The van der Waals surface area contributed by atoms with E-state index >= 15 is 0 Å². The molecule has 0 unspecified atom stereocenters. The summed E-state index contributed by atoms with van der Waals surface area (Å²) in [5.41, 5.74) is 6.40. The third kappa shape index (κ3) is 4.33. The van der Waals surface area contributed by atoms with E-state index in [1.54, 1.807) is 19.1 Å². The summed E-state index contributed by atoms with van der Waals surface area (Å²) in [6.07, 6.45) is 1.96. The van der Waals surface area contributed by atoms with Gasteiger partial charge in [0.1, 0.15) is 4.90 Å². The van der Waals surface area contributed by atoms with Gasteiger partial charge in [-0.2, -0.15) is 16.8 Å². The van der Waals surface area contributed by atoms with Crippen LogP contribution in [0.4, 0.5) is 5.82 Å². The lowest BCUT2D eigenvalue weighted by Crippen LogP contribution is -2.14. The van der Waals surface area contributed by atoms with Crippen molar-refractivity contribution in [3.05, 3.63) is 42.1 Å². The number of aryl methyl sites for hydroxylation is 1. The fourth-order valence-electron chi connectivity index (χ4n) is 1.62. The minimum Gasteiger partial charge on any atom is -0.380 e. The molecule has 0 aliphatic rings. The minimum absolute atomic E-state index is 0.0937. The highest BCUT2D eigenvalue weighted by atomic mass is 32.2. The molecule has 2 N–H and O–H groups in total. The number of hydrogen-bond donors (Lipinski definition) is 1. The van der Waals surface area contributed by atoms with E-state index in [2.05, 4.69) is 9.17 Å². The number of hydrogen-bond acceptors (Lipinski definition) is 8. The van der Waals surface area contributed by atoms with Crippen molar-refractivity contribution < 1.29 is 25.2 Å². The van der Waals surface area contributed by atoms with E-state index in [1.807, 2.05) is 0 Å². The van der Waals surface area contributed by atoms with Gasteiger partial charge in [0, 0.05) is 12.3 Å². The van der Waals surface area contributed by atoms with Gasteiger partial charge in [-0.05, 0) is 19.1 Å². The molecular weight excluding hydrogens is 344 g/mol. The van der Waals surface area contributed by atoms with Gasteiger partial charge in [-0.25, -0.2) is 4.98 Å². The maximum absolute atomic E-state index is 12.3. The zero-order valence-corrected chi connectivity index (χ0v) is 13.9. The summed E-state index contributed by atoms with van der Waals surface area (Å²) in [6.45, 7) is 1.80. The van der Waals surface area contributed by atoms with Gasteiger partial charge < -0.3 is 14.1 Å². The standard InChI is InChI=1S/C13H14N2O6S2/c1-9-3-5-10(6-4-9)23(18,19)20-11-7-8-15-13(14)12(11)21-22(2,16)17/h3-8H,1-2H3,(H2,14,15). The average Bonchev–Trinajstić information content (AvgIpc) is 2.42. The van der Waals surface area contributed by atoms with Gasteiger partial charge in [0.15, 0.2) is 11.6 Å². The van der Waals surface area contributed by atoms with Crippen LogP contribution in [-0.2, 0) is 20.2 Å². The van der Waals surface area contributed by atoms with Crippen molar-refractivity contribution >= 4 is 26.1 Å². The minimum atomic E-state index is -4.18. The topological polar surface area (TPSA) is 126 Å². The molecule has 1 aromatic carbocycles. The van der Waals surface area contributed by atoms with Crippen molar-refractivity contribution in [1.82, 2.24) is 4.98 Å². The smallest absolute Gasteiger partial charge is 0.339 e. The second-order valence-electron chi connectivity index (χ2n) is 4.66. The first-order valence-electron chi connectivity index (χ1n) is 6.23. The monoisotopic (exact) mass is 358 g/mol. The highest BCUT2D eigenvalue weighted by Crippen LogP contribution is 2.34. The summed E-state index contributed by atoms with van der Waals surface area (Å²) in [7, 11) is -8.13. The second kappa shape index (κ2) is 6.05. The molecule has 10 heteroatoms. The first kappa shape index (κ1) is 17.0. The van der Waals surface area contributed by atoms with E-state index in [-0.39, 0.29) is 16.5 Å². The molecule has 0 saturated heterocycles. The van der Waals surface area contributed by atoms with Gasteiger partial charge in [0.05, 0.1) is 6.26 Å². The van der Waals surface area contributed by atoms with E-state index < -0.39 is 26.0 Å². The molecule has 0 spiro atoms. The van der Waals surface area contributed by atoms with Gasteiger partial charge in [0.25, 0.3) is 0 Å². The number of benzene rings is 1. The van der Waals surface area contributed by atoms with Crippen molar-refractivity contribution in [2.75, 3.05) is 12.0 Å². The van der Waals surface area contributed by atoms with Crippen LogP contribution in [-0.4, -0.2) is 28.1 Å². The lowest BCUT2D eigenvalue weighted by Gasteiger charge is -2.12. The van der Waals surface area contributed by atoms with Crippen LogP contribution < -0.4 is 14.1 Å². The number of nitrogens with two attached hydrogens (primary N) is 1. The van der Waals surface area contributed by atoms with Gasteiger partial charge in [-0.15, -0.1) is 0 Å². The quantitative estimate of drug-likeness (QED) is 0.787. The normalized spacial score (nSPS) is 11.9. The lowest BCUT2D eigenvalue weighted by molar-refractivity contribution is 0.452. The molecule has 0 radical (unpaired) electrons. The van der Waals surface area contributed by atoms with Crippen LogP contribution in [0, 0.1) is 6.92 Å². The number of anilines is 1. The Morgan fingerprint density at radius 2 is 1.61 bits per heavy atom. The molecule has 2 aromatic rings. The van der Waals surface area contributed by atoms with E-state index in [9.17, 15) is 16.8 Å². The molecule has 124 valence electrons. The Labute approximate surface area is 134 Å². The number of nitrogens with zero attached hydrogens (tertiary/aromatic N) is 1. The molecule has 2 rings (SSSR count). The first-order valence-corrected chi connectivity index (χ1v) is 9.46. The third-order valence-electron chi connectivity index (χ3n) is 2.64. The van der Waals surface area contributed by atoms with Crippen LogP contribution >= 0.6 is 0 Å². The van der Waals surface area contributed by atoms with Crippen molar-refractivity contribution in [2.24, 2.45) is 0 Å². The van der Waals surface area contributed by atoms with Crippen molar-refractivity contribution in [3.8, 4) is 11.5 Å². The van der Waals surface area contributed by atoms with E-state index in [1.165, 1.54) is 18.3 Å². The molecule has 0 atom stereocenters. The highest BCUT2D eigenvalue weighted by Gasteiger charge is 2.22. The van der Waals surface area contributed by atoms with Crippen LogP contribution in [0.2, 0.25) is 0 Å². The summed E-state index contributed by atoms with van der Waals surface area (Å²) < 4.78 is 56.7. The van der Waals surface area contributed by atoms with E-state index in [0.717, 1.165) is 17.9 Å². The Balaban J connectivity index is 2.43. The molecule has 0 saturated carbocycles. The zero-order chi connectivity index (χ0) is 17.3. The number of aromatic nitrogens is 1. The predicted molar refractivity (Wildman–Crippen MR) is 83.1 cm³/mol. The molecule has 1 aromatic heterocycles. The highest BCUT2D eigenvalue weighted by molar-refractivity contribution is 7.87. The zero-order valence-electron chi connectivity index (χ0n) is 12.3. The first-order chi connectivity index (χ1) is 10.6. The Bertz CT molecular complexity index is 921. The van der Waals surface area contributed by atoms with E-state index in [4.69, 9.17) is 9.92 Å². The number of rotatable bonds is 5. The van der Waals surface area contributed by atoms with Gasteiger partial charge in [-0.1, -0.05) is 17.7 Å². The van der Waals surface area contributed by atoms with Crippen molar-refractivity contribution in [1.29, 1.82) is 0 Å². The Kier molecular flexibility index (Phi) is 4.48. The van der Waals surface area contributed by atoms with E-state index in [0.29, 0.717) is 0 Å². The molecule has 0 aliphatic carbocycles. The van der Waals surface area contributed by atoms with Crippen molar-refractivity contribution in [3.63, 3.8) is 0 Å². The van der Waals surface area contributed by atoms with Gasteiger partial charge >= 0.3 is 20.2 Å². The molecule has 0 bridgehead atoms. The third-order valence-corrected chi connectivity index (χ3v) is 4.36. The maximum atomic E-state index is 12.3. The number of nitrogen functional groups attached to an aromatic ring is 1.